The number of aliphatic hydroxyl groups excluding tert-OH is 1. The van der Waals surface area contributed by atoms with Gasteiger partial charge in [-0.05, 0) is 18.6 Å². The largest absolute Gasteiger partial charge is 0.496 e. The molecule has 0 aliphatic carbocycles. The first kappa shape index (κ1) is 19.6. The van der Waals surface area contributed by atoms with E-state index in [-0.39, 0.29) is 37.2 Å². The molecule has 2 aromatic rings. The molecule has 28 heavy (non-hydrogen) atoms. The Morgan fingerprint density at radius 1 is 1.04 bits per heavy atom. The molecule has 0 bridgehead atoms. The fourth-order valence-electron chi connectivity index (χ4n) is 3.29. The van der Waals surface area contributed by atoms with Gasteiger partial charge in [0.25, 0.3) is 11.8 Å². The number of rotatable bonds is 7. The SMILES string of the molecule is COc1ccccc1C1=C(N(C)CCO)C(=O)N(Cc2ccc(C)cc2)C1=O. The number of ether oxygens (including phenoxy) is 1. The maximum Gasteiger partial charge on any atom is 0.278 e. The Labute approximate surface area is 164 Å². The number of carbonyl (C=O) groups excluding carboxylic acids is 2. The Hall–Kier alpha value is -3.12. The van der Waals surface area contributed by atoms with Gasteiger partial charge in [-0.3, -0.25) is 14.5 Å². The minimum Gasteiger partial charge on any atom is -0.496 e. The zero-order chi connectivity index (χ0) is 20.3. The number of aliphatic hydroxyl groups is 1. The number of likely N-dealkylation sites (N-methyl/N-ethyl adjacent to an activating group) is 1. The average Bonchev–Trinajstić information content (AvgIpc) is 2.94. The normalized spacial score (nSPS) is 14.1. The molecule has 0 fully saturated rings. The lowest BCUT2D eigenvalue weighted by Gasteiger charge is -2.20. The van der Waals surface area contributed by atoms with Crippen molar-refractivity contribution in [3.05, 3.63) is 70.9 Å². The Morgan fingerprint density at radius 3 is 2.36 bits per heavy atom. The number of methoxy groups -OCH3 is 1. The first-order valence-corrected chi connectivity index (χ1v) is 9.09. The zero-order valence-corrected chi connectivity index (χ0v) is 16.3. The number of hydrogen-bond donors (Lipinski definition) is 1. The number of para-hydroxylation sites is 1. The smallest absolute Gasteiger partial charge is 0.278 e. The second-order valence-corrected chi connectivity index (χ2v) is 6.75. The highest BCUT2D eigenvalue weighted by Gasteiger charge is 2.41. The predicted molar refractivity (Wildman–Crippen MR) is 106 cm³/mol. The molecule has 1 heterocycles. The number of amides is 2. The van der Waals surface area contributed by atoms with Crippen molar-refractivity contribution in [2.45, 2.75) is 13.5 Å². The maximum absolute atomic E-state index is 13.3. The maximum atomic E-state index is 13.3. The second kappa shape index (κ2) is 8.27. The van der Waals surface area contributed by atoms with Crippen molar-refractivity contribution >= 4 is 17.4 Å². The number of carbonyl (C=O) groups is 2. The van der Waals surface area contributed by atoms with Crippen molar-refractivity contribution in [1.29, 1.82) is 0 Å². The third-order valence-electron chi connectivity index (χ3n) is 4.80. The lowest BCUT2D eigenvalue weighted by atomic mass is 10.0. The van der Waals surface area contributed by atoms with Crippen LogP contribution in [0.25, 0.3) is 5.57 Å². The summed E-state index contributed by atoms with van der Waals surface area (Å²) in [6, 6.07) is 14.9. The molecule has 2 aromatic carbocycles. The number of benzene rings is 2. The quantitative estimate of drug-likeness (QED) is 0.746. The third-order valence-corrected chi connectivity index (χ3v) is 4.80. The monoisotopic (exact) mass is 380 g/mol. The van der Waals surface area contributed by atoms with Crippen LogP contribution in [-0.2, 0) is 16.1 Å². The van der Waals surface area contributed by atoms with Crippen molar-refractivity contribution in [3.8, 4) is 5.75 Å². The molecule has 0 spiro atoms. The van der Waals surface area contributed by atoms with Gasteiger partial charge in [0.1, 0.15) is 11.4 Å². The number of nitrogens with zero attached hydrogens (tertiary/aromatic N) is 2. The standard InChI is InChI=1S/C22H24N2O4/c1-15-8-10-16(11-9-15)14-24-21(26)19(17-6-4-5-7-18(17)28-3)20(22(24)27)23(2)12-13-25/h4-11,25H,12-14H2,1-3H3. The van der Waals surface area contributed by atoms with E-state index >= 15 is 0 Å². The van der Waals surface area contributed by atoms with Crippen molar-refractivity contribution in [2.24, 2.45) is 0 Å². The van der Waals surface area contributed by atoms with E-state index in [9.17, 15) is 14.7 Å². The van der Waals surface area contributed by atoms with E-state index < -0.39 is 0 Å². The molecule has 0 aromatic heterocycles. The fraction of sp³-hybridized carbons (Fsp3) is 0.273. The topological polar surface area (TPSA) is 70.1 Å². The van der Waals surface area contributed by atoms with E-state index in [1.807, 2.05) is 37.3 Å². The Kier molecular flexibility index (Phi) is 5.80. The van der Waals surface area contributed by atoms with Crippen molar-refractivity contribution in [1.82, 2.24) is 9.80 Å². The molecule has 0 unspecified atom stereocenters. The molecule has 6 heteroatoms. The minimum atomic E-state index is -0.373. The van der Waals surface area contributed by atoms with Crippen molar-refractivity contribution < 1.29 is 19.4 Å². The summed E-state index contributed by atoms with van der Waals surface area (Å²) in [4.78, 5) is 29.3. The molecule has 0 radical (unpaired) electrons. The molecular formula is C22H24N2O4. The molecule has 2 amide bonds. The highest BCUT2D eigenvalue weighted by atomic mass is 16.5. The number of hydrogen-bond acceptors (Lipinski definition) is 5. The summed E-state index contributed by atoms with van der Waals surface area (Å²) in [7, 11) is 3.23. The summed E-state index contributed by atoms with van der Waals surface area (Å²) in [5.41, 5.74) is 3.12. The van der Waals surface area contributed by atoms with Gasteiger partial charge in [-0.15, -0.1) is 0 Å². The van der Waals surface area contributed by atoms with Gasteiger partial charge in [-0.1, -0.05) is 48.0 Å². The summed E-state index contributed by atoms with van der Waals surface area (Å²) in [5.74, 6) is -0.219. The van der Waals surface area contributed by atoms with Crippen LogP contribution in [0, 0.1) is 6.92 Å². The van der Waals surface area contributed by atoms with Gasteiger partial charge < -0.3 is 14.7 Å². The van der Waals surface area contributed by atoms with Crippen LogP contribution in [0.15, 0.2) is 54.2 Å². The van der Waals surface area contributed by atoms with E-state index in [1.165, 1.54) is 12.0 Å². The molecule has 0 saturated carbocycles. The Morgan fingerprint density at radius 2 is 1.71 bits per heavy atom. The van der Waals surface area contributed by atoms with E-state index in [2.05, 4.69) is 0 Å². The van der Waals surface area contributed by atoms with Gasteiger partial charge in [0.05, 0.1) is 25.8 Å². The fourth-order valence-corrected chi connectivity index (χ4v) is 3.29. The molecule has 0 saturated heterocycles. The van der Waals surface area contributed by atoms with Gasteiger partial charge in [0.2, 0.25) is 0 Å². The van der Waals surface area contributed by atoms with Gasteiger partial charge in [-0.2, -0.15) is 0 Å². The third kappa shape index (κ3) is 3.64. The van der Waals surface area contributed by atoms with Crippen LogP contribution in [0.3, 0.4) is 0 Å². The van der Waals surface area contributed by atoms with Crippen LogP contribution in [0.1, 0.15) is 16.7 Å². The highest BCUT2D eigenvalue weighted by molar-refractivity contribution is 6.35. The lowest BCUT2D eigenvalue weighted by molar-refractivity contribution is -0.138. The van der Waals surface area contributed by atoms with E-state index in [1.54, 1.807) is 30.1 Å². The van der Waals surface area contributed by atoms with E-state index in [4.69, 9.17) is 4.74 Å². The molecule has 6 nitrogen and oxygen atoms in total. The zero-order valence-electron chi connectivity index (χ0n) is 16.3. The summed E-state index contributed by atoms with van der Waals surface area (Å²) >= 11 is 0. The van der Waals surface area contributed by atoms with E-state index in [0.29, 0.717) is 16.9 Å². The molecule has 1 N–H and O–H groups in total. The van der Waals surface area contributed by atoms with E-state index in [0.717, 1.165) is 11.1 Å². The summed E-state index contributed by atoms with van der Waals surface area (Å²) in [6.07, 6.45) is 0. The second-order valence-electron chi connectivity index (χ2n) is 6.75. The Bertz CT molecular complexity index is 918. The number of imide groups is 1. The van der Waals surface area contributed by atoms with Crippen molar-refractivity contribution in [3.63, 3.8) is 0 Å². The summed E-state index contributed by atoms with van der Waals surface area (Å²) < 4.78 is 5.41. The summed E-state index contributed by atoms with van der Waals surface area (Å²) in [6.45, 7) is 2.29. The first-order chi connectivity index (χ1) is 13.5. The number of aryl methyl sites for hydroxylation is 1. The predicted octanol–water partition coefficient (Wildman–Crippen LogP) is 2.21. The highest BCUT2D eigenvalue weighted by Crippen LogP contribution is 2.36. The van der Waals surface area contributed by atoms with Gasteiger partial charge in [0, 0.05) is 19.2 Å². The molecule has 3 rings (SSSR count). The van der Waals surface area contributed by atoms with Crippen molar-refractivity contribution in [2.75, 3.05) is 27.3 Å². The summed E-state index contributed by atoms with van der Waals surface area (Å²) in [5, 5.41) is 9.34. The minimum absolute atomic E-state index is 0.126. The lowest BCUT2D eigenvalue weighted by Crippen LogP contribution is -2.34. The average molecular weight is 380 g/mol. The Balaban J connectivity index is 2.05. The molecule has 0 atom stereocenters. The van der Waals surface area contributed by atoms with Crippen LogP contribution in [-0.4, -0.2) is 54.0 Å². The van der Waals surface area contributed by atoms with Crippen LogP contribution >= 0.6 is 0 Å². The van der Waals surface area contributed by atoms with Gasteiger partial charge in [-0.25, -0.2) is 0 Å². The molecular weight excluding hydrogens is 356 g/mol. The molecule has 1 aliphatic rings. The van der Waals surface area contributed by atoms with Gasteiger partial charge >= 0.3 is 0 Å². The molecule has 1 aliphatic heterocycles. The van der Waals surface area contributed by atoms with Gasteiger partial charge in [0.15, 0.2) is 0 Å². The van der Waals surface area contributed by atoms with Crippen LogP contribution in [0.4, 0.5) is 0 Å². The molecule has 146 valence electrons. The first-order valence-electron chi connectivity index (χ1n) is 9.09. The van der Waals surface area contributed by atoms with Crippen LogP contribution < -0.4 is 4.74 Å². The van der Waals surface area contributed by atoms with Crippen LogP contribution in [0.5, 0.6) is 5.75 Å². The van der Waals surface area contributed by atoms with Crippen LogP contribution in [0.2, 0.25) is 0 Å².